The number of ether oxygens (including phenoxy) is 3. The highest BCUT2D eigenvalue weighted by molar-refractivity contribution is 6.10. The van der Waals surface area contributed by atoms with Crippen molar-refractivity contribution in [1.29, 1.82) is 0 Å². The van der Waals surface area contributed by atoms with E-state index in [0.717, 1.165) is 44.6 Å². The molecule has 124 valence electrons. The van der Waals surface area contributed by atoms with Crippen molar-refractivity contribution in [3.05, 3.63) is 29.8 Å². The van der Waals surface area contributed by atoms with Gasteiger partial charge in [0, 0.05) is 22.9 Å². The van der Waals surface area contributed by atoms with E-state index in [4.69, 9.17) is 20.6 Å². The Balaban J connectivity index is 2.25. The summed E-state index contributed by atoms with van der Waals surface area (Å²) in [7, 11) is 3.30. The summed E-state index contributed by atoms with van der Waals surface area (Å²) < 4.78 is 16.8. The molecule has 4 heteroatoms. The third-order valence-corrected chi connectivity index (χ3v) is 4.11. The number of nitrogens with one attached hydrogen (secondary N) is 1. The first-order chi connectivity index (χ1) is 11.4. The molecule has 24 heavy (non-hydrogen) atoms. The van der Waals surface area contributed by atoms with Gasteiger partial charge in [-0.15, -0.1) is 6.42 Å². The van der Waals surface area contributed by atoms with Gasteiger partial charge in [-0.25, -0.2) is 0 Å². The number of aromatic amines is 1. The summed E-state index contributed by atoms with van der Waals surface area (Å²) >= 11 is 0. The smallest absolute Gasteiger partial charge is 0.163 e. The second-order valence-corrected chi connectivity index (χ2v) is 6.30. The Morgan fingerprint density at radius 1 is 1.00 bits per heavy atom. The molecule has 1 heterocycles. The molecular weight excluding hydrogens is 302 g/mol. The average molecular weight is 323 g/mol. The number of hydrogen-bond acceptors (Lipinski definition) is 3. The molecular formula is C20H21NO3. The van der Waals surface area contributed by atoms with Crippen LogP contribution in [0.2, 0.25) is 0 Å². The highest BCUT2D eigenvalue weighted by Crippen LogP contribution is 2.38. The van der Waals surface area contributed by atoms with Gasteiger partial charge in [0.1, 0.15) is 17.2 Å². The Kier molecular flexibility index (Phi) is 3.81. The van der Waals surface area contributed by atoms with E-state index in [1.807, 2.05) is 39.0 Å². The van der Waals surface area contributed by atoms with Gasteiger partial charge in [0.25, 0.3) is 0 Å². The Hall–Kier alpha value is -2.80. The number of rotatable bonds is 4. The molecule has 0 aliphatic rings. The maximum Gasteiger partial charge on any atom is 0.163 e. The molecule has 1 N–H and O–H groups in total. The largest absolute Gasteiger partial charge is 0.497 e. The predicted octanol–water partition coefficient (Wildman–Crippen LogP) is 4.44. The number of H-pyrrole nitrogens is 1. The maximum absolute atomic E-state index is 5.98. The molecule has 0 aliphatic carbocycles. The lowest BCUT2D eigenvalue weighted by molar-refractivity contribution is 0.171. The fourth-order valence-corrected chi connectivity index (χ4v) is 2.77. The minimum absolute atomic E-state index is 0.661. The van der Waals surface area contributed by atoms with E-state index in [2.05, 4.69) is 17.0 Å². The molecule has 3 rings (SSSR count). The van der Waals surface area contributed by atoms with Crippen LogP contribution in [-0.2, 0) is 0 Å². The maximum atomic E-state index is 5.98. The van der Waals surface area contributed by atoms with Gasteiger partial charge in [0.2, 0.25) is 0 Å². The van der Waals surface area contributed by atoms with Crippen LogP contribution in [0.4, 0.5) is 0 Å². The first-order valence-corrected chi connectivity index (χ1v) is 7.73. The molecule has 0 atom stereocenters. The Bertz CT molecular complexity index is 961. The first kappa shape index (κ1) is 16.1. The normalized spacial score (nSPS) is 11.5. The topological polar surface area (TPSA) is 43.5 Å². The molecule has 0 amide bonds. The average Bonchev–Trinajstić information content (AvgIpc) is 2.91. The van der Waals surface area contributed by atoms with Crippen molar-refractivity contribution in [3.63, 3.8) is 0 Å². The van der Waals surface area contributed by atoms with E-state index in [1.54, 1.807) is 14.2 Å². The molecule has 0 unspecified atom stereocenters. The van der Waals surface area contributed by atoms with Gasteiger partial charge in [0.15, 0.2) is 5.60 Å². The first-order valence-electron chi connectivity index (χ1n) is 7.73. The summed E-state index contributed by atoms with van der Waals surface area (Å²) in [5.41, 5.74) is 2.25. The van der Waals surface area contributed by atoms with Crippen LogP contribution in [0.3, 0.4) is 0 Å². The summed E-state index contributed by atoms with van der Waals surface area (Å²) in [6.45, 7) is 5.75. The number of methoxy groups -OCH3 is 2. The zero-order valence-corrected chi connectivity index (χ0v) is 14.6. The summed E-state index contributed by atoms with van der Waals surface area (Å²) in [5, 5.41) is 2.14. The molecule has 2 aromatic carbocycles. The van der Waals surface area contributed by atoms with Gasteiger partial charge >= 0.3 is 0 Å². The van der Waals surface area contributed by atoms with Crippen molar-refractivity contribution in [2.75, 3.05) is 14.2 Å². The Labute approximate surface area is 141 Å². The van der Waals surface area contributed by atoms with E-state index in [9.17, 15) is 0 Å². The standard InChI is InChI=1S/C20H21NO3/c1-7-20(3,4)24-17-11-16-14(8-12(17)2)15-9-13(22-5)10-18(23-6)19(15)21-16/h1,8-11,21H,2-6H3. The van der Waals surface area contributed by atoms with Crippen molar-refractivity contribution in [2.24, 2.45) is 0 Å². The van der Waals surface area contributed by atoms with Crippen molar-refractivity contribution in [3.8, 4) is 29.6 Å². The third-order valence-electron chi connectivity index (χ3n) is 4.11. The van der Waals surface area contributed by atoms with Crippen LogP contribution in [0.5, 0.6) is 17.2 Å². The Morgan fingerprint density at radius 3 is 2.38 bits per heavy atom. The fraction of sp³-hybridized carbons (Fsp3) is 0.300. The van der Waals surface area contributed by atoms with Crippen molar-refractivity contribution >= 4 is 21.8 Å². The molecule has 4 nitrogen and oxygen atoms in total. The van der Waals surface area contributed by atoms with Gasteiger partial charge in [-0.05, 0) is 38.5 Å². The molecule has 3 aromatic rings. The van der Waals surface area contributed by atoms with E-state index in [0.29, 0.717) is 0 Å². The number of benzene rings is 2. The fourth-order valence-electron chi connectivity index (χ4n) is 2.77. The van der Waals surface area contributed by atoms with Crippen LogP contribution in [0, 0.1) is 19.3 Å². The predicted molar refractivity (Wildman–Crippen MR) is 97.2 cm³/mol. The van der Waals surface area contributed by atoms with E-state index in [-0.39, 0.29) is 0 Å². The van der Waals surface area contributed by atoms with Gasteiger partial charge < -0.3 is 19.2 Å². The highest BCUT2D eigenvalue weighted by atomic mass is 16.5. The molecule has 0 bridgehead atoms. The third kappa shape index (κ3) is 2.63. The lowest BCUT2D eigenvalue weighted by atomic mass is 10.1. The molecule has 1 aromatic heterocycles. The van der Waals surface area contributed by atoms with Gasteiger partial charge in [0.05, 0.1) is 25.3 Å². The number of fused-ring (bicyclic) bond motifs is 3. The van der Waals surface area contributed by atoms with E-state index < -0.39 is 5.60 Å². The second kappa shape index (κ2) is 5.68. The molecule has 0 spiro atoms. The molecule has 0 fully saturated rings. The van der Waals surface area contributed by atoms with Crippen LogP contribution in [0.1, 0.15) is 19.4 Å². The van der Waals surface area contributed by atoms with Crippen molar-refractivity contribution < 1.29 is 14.2 Å². The SMILES string of the molecule is C#CC(C)(C)Oc1cc2[nH]c3c(OC)cc(OC)cc3c2cc1C. The van der Waals surface area contributed by atoms with Gasteiger partial charge in [-0.1, -0.05) is 5.92 Å². The van der Waals surface area contributed by atoms with Gasteiger partial charge in [-0.3, -0.25) is 0 Å². The summed E-state index contributed by atoms with van der Waals surface area (Å²) in [4.78, 5) is 3.41. The van der Waals surface area contributed by atoms with Crippen molar-refractivity contribution in [1.82, 2.24) is 4.98 Å². The minimum atomic E-state index is -0.661. The molecule has 0 radical (unpaired) electrons. The number of terminal acetylenes is 1. The highest BCUT2D eigenvalue weighted by Gasteiger charge is 2.19. The minimum Gasteiger partial charge on any atom is -0.497 e. The zero-order valence-electron chi connectivity index (χ0n) is 14.6. The zero-order chi connectivity index (χ0) is 17.5. The van der Waals surface area contributed by atoms with Crippen LogP contribution in [0.25, 0.3) is 21.8 Å². The lowest BCUT2D eigenvalue weighted by Gasteiger charge is -2.21. The second-order valence-electron chi connectivity index (χ2n) is 6.30. The van der Waals surface area contributed by atoms with Gasteiger partial charge in [-0.2, -0.15) is 0 Å². The number of hydrogen-bond donors (Lipinski definition) is 1. The Morgan fingerprint density at radius 2 is 1.75 bits per heavy atom. The molecule has 0 saturated heterocycles. The molecule has 0 aliphatic heterocycles. The summed E-state index contributed by atoms with van der Waals surface area (Å²) in [6.07, 6.45) is 5.53. The quantitative estimate of drug-likeness (QED) is 0.722. The van der Waals surface area contributed by atoms with Crippen LogP contribution < -0.4 is 14.2 Å². The monoisotopic (exact) mass is 323 g/mol. The van der Waals surface area contributed by atoms with Crippen LogP contribution in [0.15, 0.2) is 24.3 Å². The van der Waals surface area contributed by atoms with E-state index in [1.165, 1.54) is 0 Å². The number of aryl methyl sites for hydroxylation is 1. The number of aromatic nitrogens is 1. The lowest BCUT2D eigenvalue weighted by Crippen LogP contribution is -2.25. The van der Waals surface area contributed by atoms with E-state index >= 15 is 0 Å². The van der Waals surface area contributed by atoms with Crippen LogP contribution in [-0.4, -0.2) is 24.8 Å². The summed E-state index contributed by atoms with van der Waals surface area (Å²) in [6, 6.07) is 7.94. The summed E-state index contributed by atoms with van der Waals surface area (Å²) in [5.74, 6) is 4.92. The molecule has 0 saturated carbocycles. The van der Waals surface area contributed by atoms with Crippen molar-refractivity contribution in [2.45, 2.75) is 26.4 Å². The van der Waals surface area contributed by atoms with Crippen LogP contribution >= 0.6 is 0 Å².